The number of amides is 1. The molecule has 1 amide bonds. The molecule has 5 rings (SSSR count). The first-order valence-electron chi connectivity index (χ1n) is 10.8. The summed E-state index contributed by atoms with van der Waals surface area (Å²) in [6, 6.07) is 11.5. The Hall–Kier alpha value is -3.10. The van der Waals surface area contributed by atoms with Crippen molar-refractivity contribution in [3.63, 3.8) is 0 Å². The highest BCUT2D eigenvalue weighted by Crippen LogP contribution is 2.32. The predicted octanol–water partition coefficient (Wildman–Crippen LogP) is 2.60. The minimum atomic E-state index is -0.588. The monoisotopic (exact) mass is 437 g/mol. The Morgan fingerprint density at radius 3 is 2.38 bits per heavy atom. The molecule has 32 heavy (non-hydrogen) atoms. The molecule has 0 saturated carbocycles. The van der Waals surface area contributed by atoms with Gasteiger partial charge in [0.15, 0.2) is 0 Å². The summed E-state index contributed by atoms with van der Waals surface area (Å²) in [7, 11) is 0. The highest BCUT2D eigenvalue weighted by Gasteiger charge is 2.40. The fourth-order valence-corrected chi connectivity index (χ4v) is 4.67. The van der Waals surface area contributed by atoms with E-state index in [1.807, 2.05) is 24.3 Å². The van der Waals surface area contributed by atoms with Gasteiger partial charge in [-0.05, 0) is 28.8 Å². The number of guanidine groups is 1. The van der Waals surface area contributed by atoms with E-state index in [1.54, 1.807) is 4.90 Å². The average Bonchev–Trinajstić information content (AvgIpc) is 3.26. The van der Waals surface area contributed by atoms with E-state index >= 15 is 0 Å². The Kier molecular flexibility index (Phi) is 5.48. The molecule has 0 aliphatic carbocycles. The van der Waals surface area contributed by atoms with Crippen LogP contribution < -0.4 is 5.73 Å². The zero-order chi connectivity index (χ0) is 22.2. The molecule has 3 heterocycles. The second kappa shape index (κ2) is 8.44. The first-order valence-corrected chi connectivity index (χ1v) is 10.8. The molecule has 0 spiro atoms. The van der Waals surface area contributed by atoms with Crippen LogP contribution in [0.25, 0.3) is 0 Å². The van der Waals surface area contributed by atoms with Crippen LogP contribution in [-0.4, -0.2) is 52.7 Å². The summed E-state index contributed by atoms with van der Waals surface area (Å²) < 4.78 is 27.2. The number of hydrogen-bond donors (Lipinski definition) is 1. The van der Waals surface area contributed by atoms with Crippen LogP contribution >= 0.6 is 0 Å². The van der Waals surface area contributed by atoms with Gasteiger partial charge in [-0.1, -0.05) is 24.3 Å². The van der Waals surface area contributed by atoms with Crippen molar-refractivity contribution in [1.29, 1.82) is 0 Å². The molecule has 2 aromatic rings. The molecule has 0 aromatic heterocycles. The molecule has 0 unspecified atom stereocenters. The lowest BCUT2D eigenvalue weighted by molar-refractivity contribution is -0.125. The molecule has 2 aromatic carbocycles. The third-order valence-corrected chi connectivity index (χ3v) is 6.21. The van der Waals surface area contributed by atoms with Crippen LogP contribution in [0.5, 0.6) is 0 Å². The molecular weight excluding hydrogens is 412 g/mol. The molecule has 8 heteroatoms. The van der Waals surface area contributed by atoms with Gasteiger partial charge in [0.2, 0.25) is 5.96 Å². The highest BCUT2D eigenvalue weighted by molar-refractivity contribution is 6.09. The lowest BCUT2D eigenvalue weighted by Crippen LogP contribution is -2.53. The van der Waals surface area contributed by atoms with Crippen molar-refractivity contribution in [2.45, 2.75) is 26.1 Å². The van der Waals surface area contributed by atoms with Crippen LogP contribution in [0.15, 0.2) is 58.7 Å². The minimum Gasteiger partial charge on any atom is -0.326 e. The number of halogens is 2. The average molecular weight is 437 g/mol. The van der Waals surface area contributed by atoms with Crippen LogP contribution in [0.3, 0.4) is 0 Å². The van der Waals surface area contributed by atoms with Crippen molar-refractivity contribution in [2.75, 3.05) is 26.2 Å². The SMILES string of the molecule is NCc1ccc(CN2C(=O)C3=C(CCN(Cc4cc(F)cc(F)c4)C3)N3CCN=C23)cc1. The molecule has 3 aliphatic heterocycles. The van der Waals surface area contributed by atoms with Crippen molar-refractivity contribution in [2.24, 2.45) is 10.7 Å². The van der Waals surface area contributed by atoms with Crippen LogP contribution in [0, 0.1) is 11.6 Å². The number of fused-ring (bicyclic) bond motifs is 2. The lowest BCUT2D eigenvalue weighted by Gasteiger charge is -2.42. The summed E-state index contributed by atoms with van der Waals surface area (Å²) in [5.41, 5.74) is 10.1. The van der Waals surface area contributed by atoms with E-state index in [2.05, 4.69) is 14.8 Å². The summed E-state index contributed by atoms with van der Waals surface area (Å²) in [4.78, 5) is 24.1. The van der Waals surface area contributed by atoms with Gasteiger partial charge < -0.3 is 10.6 Å². The number of nitrogens with zero attached hydrogens (tertiary/aromatic N) is 4. The van der Waals surface area contributed by atoms with Gasteiger partial charge in [-0.15, -0.1) is 0 Å². The van der Waals surface area contributed by atoms with Crippen molar-refractivity contribution >= 4 is 11.9 Å². The van der Waals surface area contributed by atoms with Gasteiger partial charge in [0.05, 0.1) is 18.7 Å². The molecule has 166 valence electrons. The molecule has 0 atom stereocenters. The third-order valence-electron chi connectivity index (χ3n) is 6.21. The van der Waals surface area contributed by atoms with Crippen LogP contribution in [0.4, 0.5) is 8.78 Å². The van der Waals surface area contributed by atoms with Gasteiger partial charge in [0, 0.05) is 50.9 Å². The van der Waals surface area contributed by atoms with Crippen molar-refractivity contribution in [3.8, 4) is 0 Å². The molecule has 6 nitrogen and oxygen atoms in total. The Labute approximate surface area is 185 Å². The van der Waals surface area contributed by atoms with Gasteiger partial charge in [-0.3, -0.25) is 19.6 Å². The van der Waals surface area contributed by atoms with E-state index in [4.69, 9.17) is 5.73 Å². The number of aliphatic imine (C=N–C) groups is 1. The quantitative estimate of drug-likeness (QED) is 0.781. The van der Waals surface area contributed by atoms with E-state index in [0.717, 1.165) is 41.0 Å². The summed E-state index contributed by atoms with van der Waals surface area (Å²) in [5.74, 6) is -0.502. The van der Waals surface area contributed by atoms with E-state index in [0.29, 0.717) is 51.3 Å². The van der Waals surface area contributed by atoms with Crippen molar-refractivity contribution in [3.05, 3.63) is 82.1 Å². The normalized spacial score (nSPS) is 18.7. The second-order valence-electron chi connectivity index (χ2n) is 8.41. The first-order chi connectivity index (χ1) is 15.5. The number of rotatable bonds is 5. The topological polar surface area (TPSA) is 65.2 Å². The largest absolute Gasteiger partial charge is 0.326 e. The van der Waals surface area contributed by atoms with Gasteiger partial charge in [0.1, 0.15) is 11.6 Å². The van der Waals surface area contributed by atoms with E-state index in [9.17, 15) is 13.6 Å². The van der Waals surface area contributed by atoms with Crippen LogP contribution in [0.2, 0.25) is 0 Å². The minimum absolute atomic E-state index is 0.0464. The zero-order valence-electron chi connectivity index (χ0n) is 17.7. The Morgan fingerprint density at radius 2 is 1.66 bits per heavy atom. The van der Waals surface area contributed by atoms with Crippen molar-refractivity contribution < 1.29 is 13.6 Å². The van der Waals surface area contributed by atoms with Gasteiger partial charge in [-0.2, -0.15) is 0 Å². The highest BCUT2D eigenvalue weighted by atomic mass is 19.1. The van der Waals surface area contributed by atoms with E-state index in [1.165, 1.54) is 12.1 Å². The Balaban J connectivity index is 1.38. The van der Waals surface area contributed by atoms with Gasteiger partial charge in [-0.25, -0.2) is 8.78 Å². The smallest absolute Gasteiger partial charge is 0.259 e. The van der Waals surface area contributed by atoms with Crippen LogP contribution in [-0.2, 0) is 24.4 Å². The van der Waals surface area contributed by atoms with Gasteiger partial charge >= 0.3 is 0 Å². The Bertz CT molecular complexity index is 1090. The number of nitrogens with two attached hydrogens (primary N) is 1. The molecule has 0 bridgehead atoms. The lowest BCUT2D eigenvalue weighted by atomic mass is 10.00. The summed E-state index contributed by atoms with van der Waals surface area (Å²) >= 11 is 0. The molecule has 3 aliphatic rings. The summed E-state index contributed by atoms with van der Waals surface area (Å²) in [6.45, 7) is 3.89. The molecule has 0 fully saturated rings. The standard InChI is InChI=1S/C24H25F2N5O/c25-19-9-18(10-20(26)11-19)13-29-7-5-22-21(15-29)23(32)31(24-28-6-8-30(22)24)14-17-3-1-16(12-27)2-4-17/h1-4,9-11H,5-8,12-15,27H2. The molecular formula is C24H25F2N5O. The first kappa shape index (κ1) is 20.8. The number of hydrogen-bond acceptors (Lipinski definition) is 5. The van der Waals surface area contributed by atoms with Gasteiger partial charge in [0.25, 0.3) is 5.91 Å². The predicted molar refractivity (Wildman–Crippen MR) is 117 cm³/mol. The van der Waals surface area contributed by atoms with Crippen LogP contribution in [0.1, 0.15) is 23.1 Å². The zero-order valence-corrected chi connectivity index (χ0v) is 17.7. The number of benzene rings is 2. The maximum absolute atomic E-state index is 13.6. The maximum atomic E-state index is 13.6. The summed E-state index contributed by atoms with van der Waals surface area (Å²) in [5, 5.41) is 0. The fraction of sp³-hybridized carbons (Fsp3) is 0.333. The Morgan fingerprint density at radius 1 is 0.938 bits per heavy atom. The molecule has 0 radical (unpaired) electrons. The fourth-order valence-electron chi connectivity index (χ4n) is 4.67. The van der Waals surface area contributed by atoms with Crippen molar-refractivity contribution in [1.82, 2.24) is 14.7 Å². The number of carbonyl (C=O) groups is 1. The number of carbonyl (C=O) groups excluding carboxylic acids is 1. The van der Waals surface area contributed by atoms with E-state index in [-0.39, 0.29) is 5.91 Å². The van der Waals surface area contributed by atoms with E-state index < -0.39 is 11.6 Å². The summed E-state index contributed by atoms with van der Waals surface area (Å²) in [6.07, 6.45) is 0.705. The second-order valence-corrected chi connectivity index (χ2v) is 8.41. The molecule has 2 N–H and O–H groups in total. The maximum Gasteiger partial charge on any atom is 0.259 e. The molecule has 0 saturated heterocycles. The third kappa shape index (κ3) is 3.91.